The van der Waals surface area contributed by atoms with Crippen LogP contribution >= 0.6 is 0 Å². The second-order valence-corrected chi connectivity index (χ2v) is 8.93. The first-order valence-electron chi connectivity index (χ1n) is 11.0. The number of carbonyl (C=O) groups is 3. The van der Waals surface area contributed by atoms with Crippen molar-refractivity contribution in [1.82, 2.24) is 5.32 Å². The quantitative estimate of drug-likeness (QED) is 0.409. The average Bonchev–Trinajstić information content (AvgIpc) is 2.64. The summed E-state index contributed by atoms with van der Waals surface area (Å²) in [6.07, 6.45) is 5.75. The Morgan fingerprint density at radius 1 is 0.929 bits per heavy atom. The van der Waals surface area contributed by atoms with Crippen LogP contribution in [0.4, 0.5) is 0 Å². The fourth-order valence-corrected chi connectivity index (χ4v) is 2.61. The molecule has 0 aromatic carbocycles. The van der Waals surface area contributed by atoms with Gasteiger partial charge in [-0.15, -0.1) is 0 Å². The minimum Gasteiger partial charge on any atom is -0.356 e. The van der Waals surface area contributed by atoms with E-state index >= 15 is 0 Å². The van der Waals surface area contributed by atoms with Crippen molar-refractivity contribution in [3.05, 3.63) is 0 Å². The van der Waals surface area contributed by atoms with Gasteiger partial charge in [-0.25, -0.2) is 0 Å². The van der Waals surface area contributed by atoms with Gasteiger partial charge in [-0.2, -0.15) is 0 Å². The zero-order valence-corrected chi connectivity index (χ0v) is 19.7. The largest absolute Gasteiger partial charge is 0.356 e. The Kier molecular flexibility index (Phi) is 15.2. The fraction of sp³-hybridized carbons (Fsp3) is 0.870. The number of nitrogens with one attached hydrogen (secondary N) is 1. The number of unbranched alkanes of at least 4 members (excludes halogenated alkanes) is 2. The van der Waals surface area contributed by atoms with Crippen LogP contribution < -0.4 is 11.1 Å². The summed E-state index contributed by atoms with van der Waals surface area (Å²) in [5, 5.41) is 2.90. The number of hydrogen-bond acceptors (Lipinski definition) is 4. The Balaban J connectivity index is -0.000000817. The number of amides is 1. The highest BCUT2D eigenvalue weighted by Crippen LogP contribution is 2.23. The molecule has 1 atom stereocenters. The average molecular weight is 403 g/mol. The topological polar surface area (TPSA) is 89.3 Å². The molecule has 0 aromatic heterocycles. The van der Waals surface area contributed by atoms with Crippen molar-refractivity contribution in [3.8, 4) is 0 Å². The van der Waals surface area contributed by atoms with E-state index in [9.17, 15) is 14.4 Å². The molecule has 0 heterocycles. The SMILES string of the molecule is CC.CCC(C)(C)C(=O)CCCCCNC(=O)CCCC(N)C(=O)C(C)(C)C.[HH].[HH]. The Labute approximate surface area is 176 Å². The summed E-state index contributed by atoms with van der Waals surface area (Å²) in [5.74, 6) is 0.368. The zero-order chi connectivity index (χ0) is 22.4. The van der Waals surface area contributed by atoms with Gasteiger partial charge in [0, 0.05) is 33.1 Å². The Hall–Kier alpha value is -1.23. The molecule has 0 aliphatic carbocycles. The molecule has 1 unspecified atom stereocenters. The van der Waals surface area contributed by atoms with Crippen molar-refractivity contribution in [1.29, 1.82) is 0 Å². The van der Waals surface area contributed by atoms with Crippen molar-refractivity contribution in [2.75, 3.05) is 6.54 Å². The monoisotopic (exact) mass is 402 g/mol. The normalized spacial score (nSPS) is 12.6. The van der Waals surface area contributed by atoms with Gasteiger partial charge in [0.25, 0.3) is 0 Å². The van der Waals surface area contributed by atoms with Crippen LogP contribution in [0.3, 0.4) is 0 Å². The van der Waals surface area contributed by atoms with E-state index in [0.29, 0.717) is 38.0 Å². The highest BCUT2D eigenvalue weighted by molar-refractivity contribution is 5.88. The standard InChI is InChI=1S/C21H40N2O3.C2H6.2H2/c1-7-21(5,6)17(24)13-9-8-10-15-23-18(25)14-11-12-16(22)19(26)20(2,3)4;1-2;;/h16H,7-15,22H2,1-6H3,(H,23,25);1-2H3;2*1H. The molecule has 3 N–H and O–H groups in total. The lowest BCUT2D eigenvalue weighted by atomic mass is 9.83. The molecular weight excluding hydrogens is 352 g/mol. The molecule has 5 heteroatoms. The number of rotatable bonds is 13. The maximum atomic E-state index is 12.0. The first kappa shape index (κ1) is 29.0. The summed E-state index contributed by atoms with van der Waals surface area (Å²) in [7, 11) is 0. The number of Topliss-reactive ketones (excluding diaryl/α,β-unsaturated/α-hetero) is 2. The summed E-state index contributed by atoms with van der Waals surface area (Å²) in [5.41, 5.74) is 5.25. The smallest absolute Gasteiger partial charge is 0.219 e. The molecule has 170 valence electrons. The molecule has 0 aromatic rings. The highest BCUT2D eigenvalue weighted by Gasteiger charge is 2.26. The van der Waals surface area contributed by atoms with E-state index in [1.165, 1.54) is 0 Å². The van der Waals surface area contributed by atoms with Gasteiger partial charge in [-0.3, -0.25) is 14.4 Å². The van der Waals surface area contributed by atoms with Crippen LogP contribution in [0.25, 0.3) is 0 Å². The van der Waals surface area contributed by atoms with E-state index in [0.717, 1.165) is 25.7 Å². The van der Waals surface area contributed by atoms with E-state index in [4.69, 9.17) is 5.73 Å². The van der Waals surface area contributed by atoms with E-state index in [-0.39, 0.29) is 20.0 Å². The van der Waals surface area contributed by atoms with Crippen LogP contribution in [0, 0.1) is 10.8 Å². The first-order chi connectivity index (χ1) is 12.9. The van der Waals surface area contributed by atoms with Gasteiger partial charge in [0.1, 0.15) is 5.78 Å². The lowest BCUT2D eigenvalue weighted by molar-refractivity contribution is -0.128. The Morgan fingerprint density at radius 2 is 1.50 bits per heavy atom. The Bertz CT molecular complexity index is 476. The summed E-state index contributed by atoms with van der Waals surface area (Å²) >= 11 is 0. The molecule has 0 rings (SSSR count). The van der Waals surface area contributed by atoms with Crippen LogP contribution in [0.15, 0.2) is 0 Å². The third kappa shape index (κ3) is 13.0. The molecule has 1 amide bonds. The second-order valence-electron chi connectivity index (χ2n) is 8.93. The first-order valence-corrected chi connectivity index (χ1v) is 11.0. The third-order valence-electron chi connectivity index (χ3n) is 5.04. The number of carbonyl (C=O) groups excluding carboxylic acids is 3. The predicted molar refractivity (Wildman–Crippen MR) is 122 cm³/mol. The molecule has 28 heavy (non-hydrogen) atoms. The molecule has 0 saturated carbocycles. The van der Waals surface area contributed by atoms with Gasteiger partial charge in [0.05, 0.1) is 6.04 Å². The van der Waals surface area contributed by atoms with Gasteiger partial charge in [0.15, 0.2) is 5.78 Å². The summed E-state index contributed by atoms with van der Waals surface area (Å²) in [6.45, 7) is 16.2. The van der Waals surface area contributed by atoms with E-state index in [1.54, 1.807) is 0 Å². The molecule has 0 fully saturated rings. The van der Waals surface area contributed by atoms with Crippen LogP contribution in [0.1, 0.15) is 110 Å². The molecule has 5 nitrogen and oxygen atoms in total. The van der Waals surface area contributed by atoms with Gasteiger partial charge < -0.3 is 11.1 Å². The molecule has 0 saturated heterocycles. The van der Waals surface area contributed by atoms with E-state index in [2.05, 4.69) is 5.32 Å². The maximum Gasteiger partial charge on any atom is 0.219 e. The molecule has 0 bridgehead atoms. The van der Waals surface area contributed by atoms with Crippen molar-refractivity contribution in [3.63, 3.8) is 0 Å². The molecule has 0 spiro atoms. The lowest BCUT2D eigenvalue weighted by Crippen LogP contribution is -2.39. The number of nitrogens with two attached hydrogens (primary N) is 1. The summed E-state index contributed by atoms with van der Waals surface area (Å²) < 4.78 is 0. The summed E-state index contributed by atoms with van der Waals surface area (Å²) in [4.78, 5) is 35.8. The lowest BCUT2D eigenvalue weighted by Gasteiger charge is -2.21. The summed E-state index contributed by atoms with van der Waals surface area (Å²) in [6, 6.07) is -0.493. The van der Waals surface area contributed by atoms with Gasteiger partial charge >= 0.3 is 0 Å². The fourth-order valence-electron chi connectivity index (χ4n) is 2.61. The Morgan fingerprint density at radius 3 is 2.00 bits per heavy atom. The van der Waals surface area contributed by atoms with E-state index in [1.807, 2.05) is 55.4 Å². The van der Waals surface area contributed by atoms with Crippen LogP contribution in [0.2, 0.25) is 0 Å². The third-order valence-corrected chi connectivity index (χ3v) is 5.04. The van der Waals surface area contributed by atoms with Crippen molar-refractivity contribution < 1.29 is 17.2 Å². The van der Waals surface area contributed by atoms with Crippen molar-refractivity contribution >= 4 is 17.5 Å². The molecule has 0 aliphatic rings. The molecular formula is C23H50N2O3. The second kappa shape index (κ2) is 14.7. The van der Waals surface area contributed by atoms with Gasteiger partial charge in [0.2, 0.25) is 5.91 Å². The van der Waals surface area contributed by atoms with Crippen LogP contribution in [0.5, 0.6) is 0 Å². The number of hydrogen-bond donors (Lipinski definition) is 2. The van der Waals surface area contributed by atoms with E-state index < -0.39 is 11.5 Å². The number of ketones is 2. The maximum absolute atomic E-state index is 12.0. The van der Waals surface area contributed by atoms with Crippen molar-refractivity contribution in [2.24, 2.45) is 16.6 Å². The van der Waals surface area contributed by atoms with Gasteiger partial charge in [-0.05, 0) is 32.1 Å². The minimum atomic E-state index is -0.493. The highest BCUT2D eigenvalue weighted by atomic mass is 16.1. The van der Waals surface area contributed by atoms with Crippen LogP contribution in [-0.4, -0.2) is 30.1 Å². The van der Waals surface area contributed by atoms with Crippen molar-refractivity contribution in [2.45, 2.75) is 113 Å². The predicted octanol–water partition coefficient (Wildman–Crippen LogP) is 5.30. The zero-order valence-electron chi connectivity index (χ0n) is 19.7. The molecule has 0 radical (unpaired) electrons. The van der Waals surface area contributed by atoms with Gasteiger partial charge in [-0.1, -0.05) is 61.8 Å². The van der Waals surface area contributed by atoms with Crippen LogP contribution in [-0.2, 0) is 14.4 Å². The molecule has 0 aliphatic heterocycles. The minimum absolute atomic E-state index is 0.